The maximum absolute atomic E-state index is 12.5. The van der Waals surface area contributed by atoms with E-state index >= 15 is 0 Å². The monoisotopic (exact) mass is 364 g/mol. The summed E-state index contributed by atoms with van der Waals surface area (Å²) in [6.45, 7) is 4.49. The zero-order valence-corrected chi connectivity index (χ0v) is 15.6. The Hall–Kier alpha value is -1.21. The fourth-order valence-corrected chi connectivity index (χ4v) is 5.09. The molecule has 2 aromatic rings. The Bertz CT molecular complexity index is 751. The summed E-state index contributed by atoms with van der Waals surface area (Å²) in [7, 11) is -3.34. The molecule has 130 valence electrons. The zero-order valence-electron chi connectivity index (χ0n) is 13.9. The number of benzene rings is 1. The van der Waals surface area contributed by atoms with Gasteiger partial charge in [-0.2, -0.15) is 11.3 Å². The Morgan fingerprint density at radius 1 is 1.25 bits per heavy atom. The first kappa shape index (κ1) is 17.6. The molecule has 1 unspecified atom stereocenters. The van der Waals surface area contributed by atoms with Crippen molar-refractivity contribution < 1.29 is 8.42 Å². The molecule has 6 heteroatoms. The van der Waals surface area contributed by atoms with E-state index in [1.165, 1.54) is 18.4 Å². The van der Waals surface area contributed by atoms with Gasteiger partial charge in [0.05, 0.1) is 5.75 Å². The summed E-state index contributed by atoms with van der Waals surface area (Å²) in [6, 6.07) is 9.90. The summed E-state index contributed by atoms with van der Waals surface area (Å²) in [5.41, 5.74) is 3.12. The van der Waals surface area contributed by atoms with Crippen molar-refractivity contribution in [3.63, 3.8) is 0 Å². The van der Waals surface area contributed by atoms with Crippen LogP contribution in [0.2, 0.25) is 0 Å². The molecule has 1 saturated heterocycles. The molecule has 1 fully saturated rings. The van der Waals surface area contributed by atoms with Crippen LogP contribution in [0, 0.1) is 6.92 Å². The van der Waals surface area contributed by atoms with E-state index in [9.17, 15) is 8.42 Å². The van der Waals surface area contributed by atoms with E-state index < -0.39 is 10.0 Å². The predicted octanol–water partition coefficient (Wildman–Crippen LogP) is 3.31. The van der Waals surface area contributed by atoms with Crippen LogP contribution < -0.4 is 4.72 Å². The zero-order chi connectivity index (χ0) is 17.0. The minimum atomic E-state index is -3.34. The average molecular weight is 365 g/mol. The lowest BCUT2D eigenvalue weighted by atomic mass is 10.1. The van der Waals surface area contributed by atoms with Crippen LogP contribution in [0.15, 0.2) is 41.1 Å². The Labute approximate surface area is 148 Å². The summed E-state index contributed by atoms with van der Waals surface area (Å²) in [6.07, 6.45) is 2.38. The highest BCUT2D eigenvalue weighted by atomic mass is 32.2. The first-order chi connectivity index (χ1) is 11.5. The van der Waals surface area contributed by atoms with E-state index in [2.05, 4.69) is 26.4 Å². The van der Waals surface area contributed by atoms with Gasteiger partial charge in [0, 0.05) is 12.6 Å². The van der Waals surface area contributed by atoms with Crippen LogP contribution in [0.5, 0.6) is 0 Å². The highest BCUT2D eigenvalue weighted by Gasteiger charge is 2.25. The number of nitrogens with one attached hydrogen (secondary N) is 1. The third-order valence-corrected chi connectivity index (χ3v) is 6.47. The molecule has 24 heavy (non-hydrogen) atoms. The third-order valence-electron chi connectivity index (χ3n) is 4.45. The number of nitrogens with zero attached hydrogens (tertiary/aromatic N) is 1. The van der Waals surface area contributed by atoms with Gasteiger partial charge in [0.15, 0.2) is 0 Å². The van der Waals surface area contributed by atoms with Crippen LogP contribution in [-0.2, 0) is 15.8 Å². The quantitative estimate of drug-likeness (QED) is 0.820. The van der Waals surface area contributed by atoms with E-state index in [1.54, 1.807) is 11.3 Å². The number of likely N-dealkylation sites (tertiary alicyclic amines) is 1. The van der Waals surface area contributed by atoms with Crippen LogP contribution in [0.3, 0.4) is 0 Å². The van der Waals surface area contributed by atoms with Gasteiger partial charge in [0.2, 0.25) is 10.0 Å². The Balaban J connectivity index is 1.67. The lowest BCUT2D eigenvalue weighted by molar-refractivity contribution is 0.247. The van der Waals surface area contributed by atoms with Gasteiger partial charge in [-0.05, 0) is 60.8 Å². The van der Waals surface area contributed by atoms with Crippen LogP contribution in [0.4, 0.5) is 0 Å². The molecule has 0 spiro atoms. The number of rotatable bonds is 7. The van der Waals surface area contributed by atoms with Crippen molar-refractivity contribution in [3.05, 3.63) is 57.8 Å². The van der Waals surface area contributed by atoms with Crippen molar-refractivity contribution >= 4 is 21.4 Å². The molecule has 1 aromatic carbocycles. The molecule has 3 rings (SSSR count). The van der Waals surface area contributed by atoms with Gasteiger partial charge in [0.25, 0.3) is 0 Å². The second-order valence-corrected chi connectivity index (χ2v) is 9.00. The number of aryl methyl sites for hydroxylation is 1. The van der Waals surface area contributed by atoms with Gasteiger partial charge < -0.3 is 0 Å². The number of sulfonamides is 1. The smallest absolute Gasteiger partial charge is 0.215 e. The minimum Gasteiger partial charge on any atom is -0.295 e. The molecule has 0 aliphatic carbocycles. The lowest BCUT2D eigenvalue weighted by Gasteiger charge is -2.27. The van der Waals surface area contributed by atoms with Crippen molar-refractivity contribution in [3.8, 4) is 0 Å². The van der Waals surface area contributed by atoms with E-state index in [0.29, 0.717) is 6.54 Å². The standard InChI is InChI=1S/C18H24N2O2S2/c1-15-5-4-6-16(11-15)14-24(21,22)19-12-18(17-7-10-23-13-17)20-8-2-3-9-20/h4-7,10-11,13,18-19H,2-3,8-9,12,14H2,1H3. The second-order valence-electron chi connectivity index (χ2n) is 6.41. The summed E-state index contributed by atoms with van der Waals surface area (Å²) in [5, 5.41) is 4.18. The number of hydrogen-bond donors (Lipinski definition) is 1. The van der Waals surface area contributed by atoms with Crippen molar-refractivity contribution in [2.45, 2.75) is 31.6 Å². The highest BCUT2D eigenvalue weighted by molar-refractivity contribution is 7.88. The van der Waals surface area contributed by atoms with Crippen molar-refractivity contribution in [1.29, 1.82) is 0 Å². The average Bonchev–Trinajstić information content (AvgIpc) is 3.20. The summed E-state index contributed by atoms with van der Waals surface area (Å²) in [5.74, 6) is 0.0328. The maximum atomic E-state index is 12.5. The molecule has 1 aliphatic heterocycles. The second kappa shape index (κ2) is 7.78. The van der Waals surface area contributed by atoms with E-state index in [0.717, 1.165) is 24.2 Å². The van der Waals surface area contributed by atoms with Crippen LogP contribution >= 0.6 is 11.3 Å². The Morgan fingerprint density at radius 2 is 2.04 bits per heavy atom. The summed E-state index contributed by atoms with van der Waals surface area (Å²) in [4.78, 5) is 2.39. The molecule has 0 saturated carbocycles. The van der Waals surface area contributed by atoms with Gasteiger partial charge in [-0.3, -0.25) is 4.90 Å². The summed E-state index contributed by atoms with van der Waals surface area (Å²) < 4.78 is 27.8. The third kappa shape index (κ3) is 4.66. The van der Waals surface area contributed by atoms with E-state index in [4.69, 9.17) is 0 Å². The highest BCUT2D eigenvalue weighted by Crippen LogP contribution is 2.26. The molecular weight excluding hydrogens is 340 g/mol. The molecule has 1 aromatic heterocycles. The van der Waals surface area contributed by atoms with E-state index in [1.807, 2.05) is 31.2 Å². The SMILES string of the molecule is Cc1cccc(CS(=O)(=O)NCC(c2ccsc2)N2CCCC2)c1. The summed E-state index contributed by atoms with van der Waals surface area (Å²) >= 11 is 1.66. The minimum absolute atomic E-state index is 0.0328. The van der Waals surface area contributed by atoms with Gasteiger partial charge in [0.1, 0.15) is 0 Å². The Morgan fingerprint density at radius 3 is 2.71 bits per heavy atom. The van der Waals surface area contributed by atoms with Crippen LogP contribution in [0.1, 0.15) is 35.6 Å². The first-order valence-corrected chi connectivity index (χ1v) is 10.9. The molecule has 0 radical (unpaired) electrons. The maximum Gasteiger partial charge on any atom is 0.215 e. The van der Waals surface area contributed by atoms with Gasteiger partial charge >= 0.3 is 0 Å². The molecule has 2 heterocycles. The van der Waals surface area contributed by atoms with Crippen LogP contribution in [-0.4, -0.2) is 33.0 Å². The molecular formula is C18H24N2O2S2. The first-order valence-electron chi connectivity index (χ1n) is 8.32. The fourth-order valence-electron chi connectivity index (χ4n) is 3.25. The number of thiophene rings is 1. The van der Waals surface area contributed by atoms with Gasteiger partial charge in [-0.15, -0.1) is 0 Å². The number of hydrogen-bond acceptors (Lipinski definition) is 4. The topological polar surface area (TPSA) is 49.4 Å². The normalized spacial score (nSPS) is 17.2. The molecule has 4 nitrogen and oxygen atoms in total. The molecule has 1 aliphatic rings. The van der Waals surface area contributed by atoms with Gasteiger partial charge in [-0.1, -0.05) is 29.8 Å². The fraction of sp³-hybridized carbons (Fsp3) is 0.444. The van der Waals surface area contributed by atoms with Crippen molar-refractivity contribution in [2.24, 2.45) is 0 Å². The van der Waals surface area contributed by atoms with Crippen molar-refractivity contribution in [1.82, 2.24) is 9.62 Å². The Kier molecular flexibility index (Phi) is 5.71. The largest absolute Gasteiger partial charge is 0.295 e. The van der Waals surface area contributed by atoms with Crippen LogP contribution in [0.25, 0.3) is 0 Å². The molecule has 1 N–H and O–H groups in total. The molecule has 0 amide bonds. The van der Waals surface area contributed by atoms with Gasteiger partial charge in [-0.25, -0.2) is 13.1 Å². The molecule has 1 atom stereocenters. The molecule has 0 bridgehead atoms. The van der Waals surface area contributed by atoms with Crippen molar-refractivity contribution in [2.75, 3.05) is 19.6 Å². The predicted molar refractivity (Wildman–Crippen MR) is 99.7 cm³/mol. The lowest BCUT2D eigenvalue weighted by Crippen LogP contribution is -2.37. The van der Waals surface area contributed by atoms with E-state index in [-0.39, 0.29) is 11.8 Å².